The number of tetrazole rings is 1. The zero-order valence-corrected chi connectivity index (χ0v) is 19.0. The van der Waals surface area contributed by atoms with Gasteiger partial charge in [0.05, 0.1) is 5.56 Å². The highest BCUT2D eigenvalue weighted by Crippen LogP contribution is 2.25. The monoisotopic (exact) mass is 435 g/mol. The summed E-state index contributed by atoms with van der Waals surface area (Å²) in [5.74, 6) is 0.400. The van der Waals surface area contributed by atoms with Crippen molar-refractivity contribution in [3.05, 3.63) is 59.2 Å². The summed E-state index contributed by atoms with van der Waals surface area (Å²) in [4.78, 5) is 29.3. The van der Waals surface area contributed by atoms with E-state index in [9.17, 15) is 9.59 Å². The summed E-state index contributed by atoms with van der Waals surface area (Å²) in [6.45, 7) is 10.5. The normalized spacial score (nSPS) is 14.3. The van der Waals surface area contributed by atoms with Gasteiger partial charge in [0, 0.05) is 43.3 Å². The van der Waals surface area contributed by atoms with E-state index in [0.717, 1.165) is 17.1 Å². The number of piperazine rings is 1. The molecule has 32 heavy (non-hydrogen) atoms. The molecule has 0 N–H and O–H groups in total. The number of amides is 2. The molecule has 1 aliphatic rings. The molecule has 168 valence electrons. The molecule has 0 aliphatic carbocycles. The zero-order valence-electron chi connectivity index (χ0n) is 19.0. The van der Waals surface area contributed by atoms with Crippen LogP contribution in [0.4, 0.5) is 0 Å². The molecule has 0 unspecified atom stereocenters. The average Bonchev–Trinajstić information content (AvgIpc) is 3.40. The molecular formula is C23H29N7O2. The SMILES string of the molecule is Cc1cc(C(=O)N2CCN(C(=O)Cn3cnnn3)CC2)c(C)n1-c1cccc(C(C)C)c1. The van der Waals surface area contributed by atoms with Crippen LogP contribution in [0.1, 0.15) is 47.1 Å². The number of carbonyl (C=O) groups excluding carboxylic acids is 2. The van der Waals surface area contributed by atoms with Gasteiger partial charge in [0.2, 0.25) is 5.91 Å². The Morgan fingerprint density at radius 1 is 1.03 bits per heavy atom. The third kappa shape index (κ3) is 4.28. The Hall–Kier alpha value is -3.49. The largest absolute Gasteiger partial charge is 0.338 e. The fraction of sp³-hybridized carbons (Fsp3) is 0.435. The minimum Gasteiger partial charge on any atom is -0.338 e. The number of hydrogen-bond donors (Lipinski definition) is 0. The molecule has 1 saturated heterocycles. The number of aromatic nitrogens is 5. The quantitative estimate of drug-likeness (QED) is 0.613. The molecule has 9 nitrogen and oxygen atoms in total. The maximum atomic E-state index is 13.3. The molecule has 3 heterocycles. The highest BCUT2D eigenvalue weighted by molar-refractivity contribution is 5.96. The van der Waals surface area contributed by atoms with E-state index in [2.05, 4.69) is 58.2 Å². The first kappa shape index (κ1) is 21.7. The molecule has 4 rings (SSSR count). The van der Waals surface area contributed by atoms with Crippen LogP contribution in [0, 0.1) is 13.8 Å². The number of nitrogens with zero attached hydrogens (tertiary/aromatic N) is 7. The van der Waals surface area contributed by atoms with Crippen LogP contribution in [0.15, 0.2) is 36.7 Å². The van der Waals surface area contributed by atoms with E-state index in [4.69, 9.17) is 0 Å². The van der Waals surface area contributed by atoms with Crippen LogP contribution in [0.5, 0.6) is 0 Å². The van der Waals surface area contributed by atoms with Crippen LogP contribution >= 0.6 is 0 Å². The van der Waals surface area contributed by atoms with Crippen molar-refractivity contribution < 1.29 is 9.59 Å². The highest BCUT2D eigenvalue weighted by atomic mass is 16.2. The van der Waals surface area contributed by atoms with E-state index < -0.39 is 0 Å². The van der Waals surface area contributed by atoms with Gasteiger partial charge in [0.15, 0.2) is 0 Å². The van der Waals surface area contributed by atoms with Gasteiger partial charge in [-0.05, 0) is 54.0 Å². The van der Waals surface area contributed by atoms with Crippen molar-refractivity contribution in [2.75, 3.05) is 26.2 Å². The van der Waals surface area contributed by atoms with Gasteiger partial charge in [-0.25, -0.2) is 4.68 Å². The molecule has 2 aromatic heterocycles. The van der Waals surface area contributed by atoms with Crippen LogP contribution in [-0.2, 0) is 11.3 Å². The number of aryl methyl sites for hydroxylation is 1. The lowest BCUT2D eigenvalue weighted by Gasteiger charge is -2.34. The first-order valence-electron chi connectivity index (χ1n) is 10.9. The molecule has 0 bridgehead atoms. The molecule has 1 aliphatic heterocycles. The van der Waals surface area contributed by atoms with Gasteiger partial charge in [-0.2, -0.15) is 0 Å². The Morgan fingerprint density at radius 3 is 2.41 bits per heavy atom. The van der Waals surface area contributed by atoms with Crippen LogP contribution in [0.3, 0.4) is 0 Å². The lowest BCUT2D eigenvalue weighted by atomic mass is 10.0. The minimum atomic E-state index is -0.0485. The van der Waals surface area contributed by atoms with E-state index in [-0.39, 0.29) is 18.4 Å². The Balaban J connectivity index is 1.46. The van der Waals surface area contributed by atoms with E-state index in [1.54, 1.807) is 4.90 Å². The molecule has 0 radical (unpaired) electrons. The molecule has 1 fully saturated rings. The van der Waals surface area contributed by atoms with E-state index in [1.165, 1.54) is 16.6 Å². The van der Waals surface area contributed by atoms with Crippen molar-refractivity contribution in [1.29, 1.82) is 0 Å². The van der Waals surface area contributed by atoms with E-state index in [0.29, 0.717) is 37.7 Å². The summed E-state index contributed by atoms with van der Waals surface area (Å²) in [6, 6.07) is 10.4. The first-order valence-corrected chi connectivity index (χ1v) is 10.9. The number of rotatable bonds is 5. The van der Waals surface area contributed by atoms with Crippen LogP contribution in [-0.4, -0.2) is 72.6 Å². The molecule has 0 atom stereocenters. The minimum absolute atomic E-state index is 0.0111. The zero-order chi connectivity index (χ0) is 22.8. The Morgan fingerprint density at radius 2 is 1.75 bits per heavy atom. The maximum absolute atomic E-state index is 13.3. The molecule has 9 heteroatoms. The van der Waals surface area contributed by atoms with Gasteiger partial charge in [0.1, 0.15) is 12.9 Å². The lowest BCUT2D eigenvalue weighted by molar-refractivity contribution is -0.133. The van der Waals surface area contributed by atoms with E-state index >= 15 is 0 Å². The summed E-state index contributed by atoms with van der Waals surface area (Å²) < 4.78 is 3.55. The smallest absolute Gasteiger partial charge is 0.255 e. The summed E-state index contributed by atoms with van der Waals surface area (Å²) in [5, 5.41) is 10.8. The average molecular weight is 436 g/mol. The molecule has 0 saturated carbocycles. The first-order chi connectivity index (χ1) is 15.3. The maximum Gasteiger partial charge on any atom is 0.255 e. The van der Waals surface area contributed by atoms with Gasteiger partial charge in [-0.3, -0.25) is 9.59 Å². The van der Waals surface area contributed by atoms with Crippen molar-refractivity contribution in [2.45, 2.75) is 40.2 Å². The molecule has 0 spiro atoms. The second-order valence-corrected chi connectivity index (χ2v) is 8.55. The molecule has 2 amide bonds. The standard InChI is InChI=1S/C23H29N7O2/c1-16(2)19-6-5-7-20(13-19)30-17(3)12-21(18(30)4)23(32)28-10-8-27(9-11-28)22(31)14-29-15-24-25-26-29/h5-7,12-13,15-16H,8-11,14H2,1-4H3. The van der Waals surface area contributed by atoms with Gasteiger partial charge in [0.25, 0.3) is 5.91 Å². The fourth-order valence-electron chi connectivity index (χ4n) is 4.22. The third-order valence-electron chi connectivity index (χ3n) is 6.06. The summed E-state index contributed by atoms with van der Waals surface area (Å²) >= 11 is 0. The Labute approximate surface area is 187 Å². The number of benzene rings is 1. The van der Waals surface area contributed by atoms with Gasteiger partial charge in [-0.1, -0.05) is 26.0 Å². The highest BCUT2D eigenvalue weighted by Gasteiger charge is 2.27. The van der Waals surface area contributed by atoms with Crippen LogP contribution < -0.4 is 0 Å². The van der Waals surface area contributed by atoms with Gasteiger partial charge < -0.3 is 14.4 Å². The van der Waals surface area contributed by atoms with Gasteiger partial charge >= 0.3 is 0 Å². The summed E-state index contributed by atoms with van der Waals surface area (Å²) in [7, 11) is 0. The second-order valence-electron chi connectivity index (χ2n) is 8.55. The lowest BCUT2D eigenvalue weighted by Crippen LogP contribution is -2.51. The molecule has 1 aromatic carbocycles. The molecule has 3 aromatic rings. The third-order valence-corrected chi connectivity index (χ3v) is 6.06. The van der Waals surface area contributed by atoms with Crippen molar-refractivity contribution in [3.63, 3.8) is 0 Å². The van der Waals surface area contributed by atoms with Crippen LogP contribution in [0.2, 0.25) is 0 Å². The predicted octanol–water partition coefficient (Wildman–Crippen LogP) is 2.19. The Bertz CT molecular complexity index is 1110. The van der Waals surface area contributed by atoms with E-state index in [1.807, 2.05) is 24.8 Å². The van der Waals surface area contributed by atoms with Crippen molar-refractivity contribution in [1.82, 2.24) is 34.6 Å². The second kappa shape index (κ2) is 8.94. The summed E-state index contributed by atoms with van der Waals surface area (Å²) in [6.07, 6.45) is 1.42. The van der Waals surface area contributed by atoms with Crippen molar-refractivity contribution in [3.8, 4) is 5.69 Å². The molecular weight excluding hydrogens is 406 g/mol. The van der Waals surface area contributed by atoms with Crippen molar-refractivity contribution in [2.24, 2.45) is 0 Å². The summed E-state index contributed by atoms with van der Waals surface area (Å²) in [5.41, 5.74) is 5.02. The van der Waals surface area contributed by atoms with Crippen LogP contribution in [0.25, 0.3) is 5.69 Å². The Kier molecular flexibility index (Phi) is 6.07. The van der Waals surface area contributed by atoms with Gasteiger partial charge in [-0.15, -0.1) is 5.10 Å². The number of hydrogen-bond acceptors (Lipinski definition) is 5. The number of carbonyl (C=O) groups is 2. The van der Waals surface area contributed by atoms with Crippen molar-refractivity contribution >= 4 is 11.8 Å². The topological polar surface area (TPSA) is 89.2 Å². The predicted molar refractivity (Wildman–Crippen MR) is 120 cm³/mol. The fourth-order valence-corrected chi connectivity index (χ4v) is 4.22.